The van der Waals surface area contributed by atoms with Crippen LogP contribution >= 0.6 is 0 Å². The Morgan fingerprint density at radius 3 is 2.76 bits per heavy atom. The van der Waals surface area contributed by atoms with E-state index in [0.29, 0.717) is 12.4 Å². The van der Waals surface area contributed by atoms with Crippen LogP contribution in [0.5, 0.6) is 0 Å². The van der Waals surface area contributed by atoms with Crippen molar-refractivity contribution in [2.45, 2.75) is 31.7 Å². The first-order valence-corrected chi connectivity index (χ1v) is 12.8. The van der Waals surface area contributed by atoms with E-state index in [2.05, 4.69) is 60.9 Å². The van der Waals surface area contributed by atoms with E-state index in [1.807, 2.05) is 36.8 Å². The summed E-state index contributed by atoms with van der Waals surface area (Å²) in [6.07, 6.45) is 7.07. The molecule has 1 fully saturated rings. The number of nitrogens with one attached hydrogen (secondary N) is 1. The van der Waals surface area contributed by atoms with E-state index in [1.165, 1.54) is 0 Å². The van der Waals surface area contributed by atoms with Gasteiger partial charge in [0.05, 0.1) is 30.0 Å². The number of imidazole rings is 1. The Kier molecular flexibility index (Phi) is 5.04. The molecular weight excluding hydrogens is 462 g/mol. The van der Waals surface area contributed by atoms with Crippen LogP contribution in [0.2, 0.25) is 0 Å². The highest BCUT2D eigenvalue weighted by Gasteiger charge is 2.48. The van der Waals surface area contributed by atoms with Crippen molar-refractivity contribution < 1.29 is 4.79 Å². The Balaban J connectivity index is 1.24. The summed E-state index contributed by atoms with van der Waals surface area (Å²) in [6.45, 7) is 5.70. The van der Waals surface area contributed by atoms with Crippen LogP contribution in [0.15, 0.2) is 67.3 Å². The van der Waals surface area contributed by atoms with E-state index in [9.17, 15) is 4.79 Å². The molecule has 1 saturated heterocycles. The minimum atomic E-state index is -0.464. The maximum Gasteiger partial charge on any atom is 0.235 e. The van der Waals surface area contributed by atoms with Gasteiger partial charge in [0.1, 0.15) is 5.52 Å². The molecule has 2 aliphatic heterocycles. The first-order valence-electron chi connectivity index (χ1n) is 12.8. The smallest absolute Gasteiger partial charge is 0.235 e. The third-order valence-corrected chi connectivity index (χ3v) is 8.01. The van der Waals surface area contributed by atoms with Gasteiger partial charge in [0.25, 0.3) is 0 Å². The second-order valence-corrected chi connectivity index (χ2v) is 10.0. The molecule has 7 rings (SSSR count). The summed E-state index contributed by atoms with van der Waals surface area (Å²) in [7, 11) is 0. The number of pyridine rings is 1. The van der Waals surface area contributed by atoms with E-state index in [0.717, 1.165) is 76.9 Å². The zero-order valence-electron chi connectivity index (χ0n) is 20.7. The Hall–Kier alpha value is -4.17. The molecule has 5 heterocycles. The minimum Gasteiger partial charge on any atom is -0.325 e. The van der Waals surface area contributed by atoms with E-state index in [-0.39, 0.29) is 5.91 Å². The van der Waals surface area contributed by atoms with E-state index in [1.54, 1.807) is 6.20 Å². The lowest BCUT2D eigenvalue weighted by molar-refractivity contribution is -0.122. The van der Waals surface area contributed by atoms with E-state index >= 15 is 0 Å². The Morgan fingerprint density at radius 2 is 1.89 bits per heavy atom. The fourth-order valence-electron chi connectivity index (χ4n) is 5.83. The maximum absolute atomic E-state index is 13.1. The number of amides is 1. The van der Waals surface area contributed by atoms with Crippen molar-refractivity contribution in [3.05, 3.63) is 78.4 Å². The molecule has 8 heteroatoms. The van der Waals surface area contributed by atoms with Gasteiger partial charge in [-0.05, 0) is 80.0 Å². The number of benzene rings is 2. The van der Waals surface area contributed by atoms with Crippen molar-refractivity contribution in [2.24, 2.45) is 0 Å². The first kappa shape index (κ1) is 22.1. The van der Waals surface area contributed by atoms with Crippen molar-refractivity contribution in [3.8, 4) is 11.4 Å². The fraction of sp³-hybridized carbons (Fsp3) is 0.276. The van der Waals surface area contributed by atoms with Gasteiger partial charge in [-0.1, -0.05) is 19.1 Å². The number of carbonyl (C=O) groups is 1. The van der Waals surface area contributed by atoms with Crippen LogP contribution in [0.1, 0.15) is 30.9 Å². The number of fused-ring (bicyclic) bond motifs is 4. The number of anilines is 1. The number of hydrogen-bond donors (Lipinski definition) is 1. The van der Waals surface area contributed by atoms with Gasteiger partial charge in [-0.15, -0.1) is 0 Å². The zero-order chi connectivity index (χ0) is 25.0. The lowest BCUT2D eigenvalue weighted by Crippen LogP contribution is -2.46. The van der Waals surface area contributed by atoms with Gasteiger partial charge in [-0.2, -0.15) is 0 Å². The lowest BCUT2D eigenvalue weighted by Gasteiger charge is -2.37. The second kappa shape index (κ2) is 8.45. The number of likely N-dealkylation sites (tertiary alicyclic amines) is 1. The molecule has 1 N–H and O–H groups in total. The van der Waals surface area contributed by atoms with Crippen LogP contribution in [0, 0.1) is 0 Å². The Morgan fingerprint density at radius 1 is 1.00 bits per heavy atom. The lowest BCUT2D eigenvalue weighted by atomic mass is 9.73. The zero-order valence-corrected chi connectivity index (χ0v) is 20.7. The molecule has 0 bridgehead atoms. The summed E-state index contributed by atoms with van der Waals surface area (Å²) < 4.78 is 2.05. The predicted molar refractivity (Wildman–Crippen MR) is 143 cm³/mol. The number of rotatable bonds is 4. The van der Waals surface area contributed by atoms with Gasteiger partial charge in [-0.25, -0.2) is 15.0 Å². The maximum atomic E-state index is 13.1. The molecule has 1 amide bonds. The third-order valence-electron chi connectivity index (χ3n) is 8.01. The highest BCUT2D eigenvalue weighted by Crippen LogP contribution is 2.46. The van der Waals surface area contributed by atoms with Gasteiger partial charge < -0.3 is 14.8 Å². The molecule has 0 radical (unpaired) electrons. The second-order valence-electron chi connectivity index (χ2n) is 10.0. The Labute approximate surface area is 214 Å². The number of hydrogen-bond acceptors (Lipinski definition) is 6. The summed E-state index contributed by atoms with van der Waals surface area (Å²) in [5.41, 5.74) is 6.12. The third kappa shape index (κ3) is 3.59. The van der Waals surface area contributed by atoms with Crippen LogP contribution in [0.4, 0.5) is 5.69 Å². The fourth-order valence-corrected chi connectivity index (χ4v) is 5.83. The van der Waals surface area contributed by atoms with Crippen molar-refractivity contribution in [2.75, 3.05) is 25.0 Å². The molecule has 3 aromatic heterocycles. The van der Waals surface area contributed by atoms with Crippen LogP contribution in [-0.4, -0.2) is 54.9 Å². The molecule has 184 valence electrons. The quantitative estimate of drug-likeness (QED) is 0.403. The number of carbonyl (C=O) groups excluding carboxylic acids is 1. The largest absolute Gasteiger partial charge is 0.325 e. The molecule has 37 heavy (non-hydrogen) atoms. The summed E-state index contributed by atoms with van der Waals surface area (Å²) in [4.78, 5) is 34.0. The minimum absolute atomic E-state index is 0.121. The van der Waals surface area contributed by atoms with Gasteiger partial charge in [-0.3, -0.25) is 9.78 Å². The molecule has 5 aromatic rings. The molecular formula is C29H27N7O. The Bertz CT molecular complexity index is 1670. The monoisotopic (exact) mass is 489 g/mol. The standard InChI is InChI=1S/C29H27N7O/c1-2-35-12-9-29(10-13-35)22-15-21(6-8-24(22)33-28(29)37)26-31-16-25-27(34-26)36(18-32-25)17-19-5-7-23-20(14-19)4-3-11-30-23/h3-8,11,14-16,18H,2,9-10,12-13,17H2,1H3,(H,33,37). The number of aromatic nitrogens is 5. The van der Waals surface area contributed by atoms with Crippen LogP contribution in [0.3, 0.4) is 0 Å². The molecule has 0 aliphatic carbocycles. The summed E-state index contributed by atoms with van der Waals surface area (Å²) in [5.74, 6) is 0.760. The van der Waals surface area contributed by atoms with Crippen molar-refractivity contribution >= 4 is 33.7 Å². The SMILES string of the molecule is CCN1CCC2(CC1)C(=O)Nc1ccc(-c3ncc4ncn(Cc5ccc6ncccc6c5)c4n3)cc12. The normalized spacial score (nSPS) is 16.9. The average Bonchev–Trinajstić information content (AvgIpc) is 3.46. The number of piperidine rings is 1. The van der Waals surface area contributed by atoms with E-state index < -0.39 is 5.41 Å². The predicted octanol–water partition coefficient (Wildman–Crippen LogP) is 4.40. The van der Waals surface area contributed by atoms with Crippen LogP contribution in [0.25, 0.3) is 33.5 Å². The topological polar surface area (TPSA) is 88.8 Å². The highest BCUT2D eigenvalue weighted by atomic mass is 16.2. The van der Waals surface area contributed by atoms with Crippen LogP contribution < -0.4 is 5.32 Å². The number of nitrogens with zero attached hydrogens (tertiary/aromatic N) is 6. The first-order chi connectivity index (χ1) is 18.1. The van der Waals surface area contributed by atoms with Crippen molar-refractivity contribution in [1.82, 2.24) is 29.4 Å². The van der Waals surface area contributed by atoms with Gasteiger partial charge in [0, 0.05) is 22.8 Å². The van der Waals surface area contributed by atoms with Gasteiger partial charge in [0.2, 0.25) is 5.91 Å². The summed E-state index contributed by atoms with van der Waals surface area (Å²) >= 11 is 0. The molecule has 0 atom stereocenters. The van der Waals surface area contributed by atoms with Crippen molar-refractivity contribution in [1.29, 1.82) is 0 Å². The summed E-state index contributed by atoms with van der Waals surface area (Å²) in [6, 6.07) is 16.4. The molecule has 1 spiro atoms. The van der Waals surface area contributed by atoms with E-state index in [4.69, 9.17) is 4.98 Å². The molecule has 8 nitrogen and oxygen atoms in total. The molecule has 2 aromatic carbocycles. The average molecular weight is 490 g/mol. The molecule has 2 aliphatic rings. The summed E-state index contributed by atoms with van der Waals surface area (Å²) in [5, 5.41) is 4.24. The van der Waals surface area contributed by atoms with Crippen molar-refractivity contribution in [3.63, 3.8) is 0 Å². The highest BCUT2D eigenvalue weighted by molar-refractivity contribution is 6.06. The van der Waals surface area contributed by atoms with Gasteiger partial charge >= 0.3 is 0 Å². The van der Waals surface area contributed by atoms with Gasteiger partial charge in [0.15, 0.2) is 11.5 Å². The van der Waals surface area contributed by atoms with Crippen LogP contribution in [-0.2, 0) is 16.8 Å². The molecule has 0 saturated carbocycles. The molecule has 0 unspecified atom stereocenters.